The summed E-state index contributed by atoms with van der Waals surface area (Å²) in [4.78, 5) is 11.7. The van der Waals surface area contributed by atoms with Gasteiger partial charge in [0, 0.05) is 6.54 Å². The molecule has 0 aliphatic heterocycles. The van der Waals surface area contributed by atoms with Crippen molar-refractivity contribution in [3.8, 4) is 5.75 Å². The lowest BCUT2D eigenvalue weighted by molar-refractivity contribution is -0.137. The second-order valence-electron chi connectivity index (χ2n) is 5.04. The minimum absolute atomic E-state index is 0.0779. The average Bonchev–Trinajstić information content (AvgIpc) is 2.58. The van der Waals surface area contributed by atoms with Gasteiger partial charge in [-0.25, -0.2) is 0 Å². The van der Waals surface area contributed by atoms with Crippen molar-refractivity contribution < 1.29 is 27.8 Å². The van der Waals surface area contributed by atoms with Crippen LogP contribution in [0.4, 0.5) is 13.2 Å². The molecule has 0 unspecified atom stereocenters. The van der Waals surface area contributed by atoms with Crippen molar-refractivity contribution >= 4 is 5.91 Å². The van der Waals surface area contributed by atoms with E-state index in [0.29, 0.717) is 5.75 Å². The van der Waals surface area contributed by atoms with Crippen LogP contribution in [0.3, 0.4) is 0 Å². The number of aliphatic hydroxyl groups is 1. The molecule has 2 aromatic rings. The first-order chi connectivity index (χ1) is 11.4. The van der Waals surface area contributed by atoms with Crippen LogP contribution in [0, 0.1) is 0 Å². The zero-order valence-electron chi connectivity index (χ0n) is 12.6. The van der Waals surface area contributed by atoms with Crippen molar-refractivity contribution in [1.82, 2.24) is 5.32 Å². The number of amides is 1. The number of benzene rings is 2. The lowest BCUT2D eigenvalue weighted by atomic mass is 10.1. The Balaban J connectivity index is 1.84. The molecule has 0 fully saturated rings. The molecule has 0 bridgehead atoms. The summed E-state index contributed by atoms with van der Waals surface area (Å²) in [6.45, 7) is -0.461. The topological polar surface area (TPSA) is 58.6 Å². The van der Waals surface area contributed by atoms with E-state index in [1.54, 1.807) is 30.3 Å². The summed E-state index contributed by atoms with van der Waals surface area (Å²) >= 11 is 0. The van der Waals surface area contributed by atoms with Gasteiger partial charge in [0.25, 0.3) is 5.91 Å². The number of nitrogens with one attached hydrogen (secondary N) is 1. The van der Waals surface area contributed by atoms with E-state index < -0.39 is 23.8 Å². The number of ether oxygens (including phenoxy) is 1. The van der Waals surface area contributed by atoms with Gasteiger partial charge in [-0.05, 0) is 29.8 Å². The molecule has 7 heteroatoms. The van der Waals surface area contributed by atoms with E-state index in [9.17, 15) is 23.1 Å². The predicted octanol–water partition coefficient (Wildman–Crippen LogP) is 2.93. The molecule has 4 nitrogen and oxygen atoms in total. The smallest absolute Gasteiger partial charge is 0.416 e. The van der Waals surface area contributed by atoms with Gasteiger partial charge in [-0.2, -0.15) is 13.2 Å². The molecule has 128 valence electrons. The summed E-state index contributed by atoms with van der Waals surface area (Å²) in [5, 5.41) is 12.3. The first-order valence-corrected chi connectivity index (χ1v) is 7.16. The molecule has 0 saturated heterocycles. The first kappa shape index (κ1) is 17.8. The van der Waals surface area contributed by atoms with Gasteiger partial charge in [0.1, 0.15) is 5.75 Å². The highest BCUT2D eigenvalue weighted by Gasteiger charge is 2.30. The Bertz CT molecular complexity index is 674. The summed E-state index contributed by atoms with van der Waals surface area (Å²) in [5.74, 6) is 0.0379. The van der Waals surface area contributed by atoms with E-state index in [0.717, 1.165) is 12.1 Å². The monoisotopic (exact) mass is 339 g/mol. The fourth-order valence-corrected chi connectivity index (χ4v) is 1.97. The number of carbonyl (C=O) groups is 1. The third-order valence-corrected chi connectivity index (χ3v) is 3.20. The number of para-hydroxylation sites is 1. The SMILES string of the molecule is O=C(COc1ccccc1)NC[C@@H](O)c1cccc(C(F)(F)F)c1. The maximum Gasteiger partial charge on any atom is 0.416 e. The van der Waals surface area contributed by atoms with Crippen molar-refractivity contribution in [2.45, 2.75) is 12.3 Å². The summed E-state index contributed by atoms with van der Waals surface area (Å²) in [6, 6.07) is 13.0. The van der Waals surface area contributed by atoms with E-state index in [1.807, 2.05) is 0 Å². The Morgan fingerprint density at radius 2 is 1.83 bits per heavy atom. The molecular weight excluding hydrogens is 323 g/mol. The summed E-state index contributed by atoms with van der Waals surface area (Å²) in [7, 11) is 0. The Labute approximate surface area is 136 Å². The molecular formula is C17H16F3NO3. The van der Waals surface area contributed by atoms with Crippen LogP contribution >= 0.6 is 0 Å². The molecule has 0 aromatic heterocycles. The molecule has 2 N–H and O–H groups in total. The minimum Gasteiger partial charge on any atom is -0.484 e. The molecule has 1 amide bonds. The maximum absolute atomic E-state index is 12.6. The average molecular weight is 339 g/mol. The van der Waals surface area contributed by atoms with E-state index in [4.69, 9.17) is 4.74 Å². The number of halogens is 3. The lowest BCUT2D eigenvalue weighted by Crippen LogP contribution is -2.32. The fourth-order valence-electron chi connectivity index (χ4n) is 1.97. The number of hydrogen-bond donors (Lipinski definition) is 2. The quantitative estimate of drug-likeness (QED) is 0.851. The van der Waals surface area contributed by atoms with Crippen LogP contribution in [0.2, 0.25) is 0 Å². The highest BCUT2D eigenvalue weighted by Crippen LogP contribution is 2.30. The number of carbonyl (C=O) groups excluding carboxylic acids is 1. The highest BCUT2D eigenvalue weighted by molar-refractivity contribution is 5.77. The van der Waals surface area contributed by atoms with Gasteiger partial charge >= 0.3 is 6.18 Å². The van der Waals surface area contributed by atoms with Crippen LogP contribution in [0.25, 0.3) is 0 Å². The molecule has 0 spiro atoms. The van der Waals surface area contributed by atoms with Gasteiger partial charge in [-0.15, -0.1) is 0 Å². The molecule has 0 radical (unpaired) electrons. The van der Waals surface area contributed by atoms with E-state index >= 15 is 0 Å². The number of hydrogen-bond acceptors (Lipinski definition) is 3. The molecule has 24 heavy (non-hydrogen) atoms. The van der Waals surface area contributed by atoms with Crippen LogP contribution in [-0.4, -0.2) is 24.2 Å². The molecule has 2 rings (SSSR count). The molecule has 0 aliphatic rings. The Hall–Kier alpha value is -2.54. The second-order valence-corrected chi connectivity index (χ2v) is 5.04. The van der Waals surface area contributed by atoms with Crippen LogP contribution in [0.1, 0.15) is 17.2 Å². The van der Waals surface area contributed by atoms with Gasteiger partial charge in [0.05, 0.1) is 11.7 Å². The van der Waals surface area contributed by atoms with Crippen LogP contribution < -0.4 is 10.1 Å². The second kappa shape index (κ2) is 7.83. The minimum atomic E-state index is -4.48. The van der Waals surface area contributed by atoms with Crippen molar-refractivity contribution in [1.29, 1.82) is 0 Å². The lowest BCUT2D eigenvalue weighted by Gasteiger charge is -2.14. The Morgan fingerprint density at radius 1 is 1.12 bits per heavy atom. The largest absolute Gasteiger partial charge is 0.484 e. The van der Waals surface area contributed by atoms with Crippen molar-refractivity contribution in [3.63, 3.8) is 0 Å². The van der Waals surface area contributed by atoms with Gasteiger partial charge in [-0.1, -0.05) is 30.3 Å². The van der Waals surface area contributed by atoms with Crippen LogP contribution in [0.5, 0.6) is 5.75 Å². The van der Waals surface area contributed by atoms with E-state index in [2.05, 4.69) is 5.32 Å². The summed E-state index contributed by atoms with van der Waals surface area (Å²) < 4.78 is 43.1. The van der Waals surface area contributed by atoms with E-state index in [-0.39, 0.29) is 18.7 Å². The Kier molecular flexibility index (Phi) is 5.81. The highest BCUT2D eigenvalue weighted by atomic mass is 19.4. The predicted molar refractivity (Wildman–Crippen MR) is 81.4 cm³/mol. The van der Waals surface area contributed by atoms with Crippen molar-refractivity contribution in [2.24, 2.45) is 0 Å². The van der Waals surface area contributed by atoms with Crippen molar-refractivity contribution in [3.05, 3.63) is 65.7 Å². The molecule has 0 heterocycles. The first-order valence-electron chi connectivity index (χ1n) is 7.16. The fraction of sp³-hybridized carbons (Fsp3) is 0.235. The molecule has 0 saturated carbocycles. The number of alkyl halides is 3. The van der Waals surface area contributed by atoms with Gasteiger partial charge in [0.2, 0.25) is 0 Å². The third kappa shape index (κ3) is 5.27. The van der Waals surface area contributed by atoms with Gasteiger partial charge in [0.15, 0.2) is 6.61 Å². The zero-order chi connectivity index (χ0) is 17.6. The van der Waals surface area contributed by atoms with Crippen LogP contribution in [0.15, 0.2) is 54.6 Å². The summed E-state index contributed by atoms with van der Waals surface area (Å²) in [6.07, 6.45) is -5.73. The zero-order valence-corrected chi connectivity index (χ0v) is 12.6. The normalized spacial score (nSPS) is 12.5. The Morgan fingerprint density at radius 3 is 2.50 bits per heavy atom. The molecule has 0 aliphatic carbocycles. The molecule has 1 atom stereocenters. The standard InChI is InChI=1S/C17H16F3NO3/c18-17(19,20)13-6-4-5-12(9-13)15(22)10-21-16(23)11-24-14-7-2-1-3-8-14/h1-9,15,22H,10-11H2,(H,21,23)/t15-/m1/s1. The number of aliphatic hydroxyl groups excluding tert-OH is 1. The molecule has 2 aromatic carbocycles. The number of rotatable bonds is 6. The van der Waals surface area contributed by atoms with Gasteiger partial charge in [-0.3, -0.25) is 4.79 Å². The third-order valence-electron chi connectivity index (χ3n) is 3.20. The van der Waals surface area contributed by atoms with E-state index in [1.165, 1.54) is 12.1 Å². The van der Waals surface area contributed by atoms with Gasteiger partial charge < -0.3 is 15.2 Å². The van der Waals surface area contributed by atoms with Crippen molar-refractivity contribution in [2.75, 3.05) is 13.2 Å². The maximum atomic E-state index is 12.6. The van der Waals surface area contributed by atoms with Crippen LogP contribution in [-0.2, 0) is 11.0 Å². The summed E-state index contributed by atoms with van der Waals surface area (Å²) in [5.41, 5.74) is -0.771.